The quantitative estimate of drug-likeness (QED) is 0.781. The summed E-state index contributed by atoms with van der Waals surface area (Å²) < 4.78 is 5.44. The number of piperidine rings is 1. The molecule has 0 aromatic carbocycles. The summed E-state index contributed by atoms with van der Waals surface area (Å²) in [6, 6.07) is 0.579. The molecule has 1 saturated heterocycles. The lowest BCUT2D eigenvalue weighted by atomic mass is 10.0. The van der Waals surface area contributed by atoms with E-state index in [0.717, 1.165) is 12.5 Å². The van der Waals surface area contributed by atoms with Gasteiger partial charge in [-0.05, 0) is 59.5 Å². The normalized spacial score (nSPS) is 17.5. The molecular formula is C18H37N3O2. The zero-order valence-corrected chi connectivity index (χ0v) is 16.0. The first-order valence-electron chi connectivity index (χ1n) is 9.15. The molecule has 1 rings (SSSR count). The molecule has 23 heavy (non-hydrogen) atoms. The number of hydrogen-bond donors (Lipinski definition) is 1. The predicted molar refractivity (Wildman–Crippen MR) is 95.8 cm³/mol. The topological polar surface area (TPSA) is 44.8 Å². The number of carbonyl (C=O) groups is 1. The van der Waals surface area contributed by atoms with Gasteiger partial charge >= 0.3 is 6.09 Å². The van der Waals surface area contributed by atoms with Crippen molar-refractivity contribution in [2.45, 2.75) is 66.0 Å². The molecule has 0 spiro atoms. The highest BCUT2D eigenvalue weighted by Gasteiger charge is 2.22. The molecule has 1 N–H and O–H groups in total. The third kappa shape index (κ3) is 8.56. The Bertz CT molecular complexity index is 345. The maximum atomic E-state index is 12.1. The molecule has 1 fully saturated rings. The number of nitrogens with zero attached hydrogens (tertiary/aromatic N) is 2. The van der Waals surface area contributed by atoms with Crippen LogP contribution in [0, 0.1) is 5.92 Å². The van der Waals surface area contributed by atoms with Gasteiger partial charge in [0.05, 0.1) is 0 Å². The average Bonchev–Trinajstić information content (AvgIpc) is 2.42. The number of rotatable bonds is 7. The van der Waals surface area contributed by atoms with Gasteiger partial charge in [0, 0.05) is 32.2 Å². The zero-order valence-electron chi connectivity index (χ0n) is 16.0. The van der Waals surface area contributed by atoms with E-state index in [1.807, 2.05) is 27.7 Å². The van der Waals surface area contributed by atoms with Gasteiger partial charge in [-0.15, -0.1) is 0 Å². The fourth-order valence-electron chi connectivity index (χ4n) is 2.94. The largest absolute Gasteiger partial charge is 0.444 e. The van der Waals surface area contributed by atoms with Gasteiger partial charge in [-0.25, -0.2) is 4.79 Å². The van der Waals surface area contributed by atoms with Crippen LogP contribution in [0.1, 0.15) is 54.4 Å². The number of likely N-dealkylation sites (N-methyl/N-ethyl adjacent to an activating group) is 1. The van der Waals surface area contributed by atoms with Crippen molar-refractivity contribution in [2.24, 2.45) is 5.92 Å². The first kappa shape index (κ1) is 20.2. The Hall–Kier alpha value is -0.810. The summed E-state index contributed by atoms with van der Waals surface area (Å²) in [5.74, 6) is 0.742. The number of amides is 1. The fourth-order valence-corrected chi connectivity index (χ4v) is 2.94. The van der Waals surface area contributed by atoms with Gasteiger partial charge in [-0.2, -0.15) is 0 Å². The second-order valence-corrected chi connectivity index (χ2v) is 7.98. The summed E-state index contributed by atoms with van der Waals surface area (Å²) in [7, 11) is 0. The summed E-state index contributed by atoms with van der Waals surface area (Å²) in [4.78, 5) is 16.4. The Kier molecular flexibility index (Phi) is 8.34. The summed E-state index contributed by atoms with van der Waals surface area (Å²) in [5.41, 5.74) is -0.429. The molecule has 136 valence electrons. The highest BCUT2D eigenvalue weighted by molar-refractivity contribution is 5.68. The van der Waals surface area contributed by atoms with Crippen molar-refractivity contribution >= 4 is 6.09 Å². The Morgan fingerprint density at radius 1 is 1.30 bits per heavy atom. The van der Waals surface area contributed by atoms with Gasteiger partial charge in [0.2, 0.25) is 0 Å². The molecule has 0 unspecified atom stereocenters. The van der Waals surface area contributed by atoms with Crippen molar-refractivity contribution in [1.29, 1.82) is 0 Å². The van der Waals surface area contributed by atoms with Crippen LogP contribution in [0.2, 0.25) is 0 Å². The van der Waals surface area contributed by atoms with Gasteiger partial charge in [-0.3, -0.25) is 0 Å². The molecule has 0 aromatic rings. The monoisotopic (exact) mass is 327 g/mol. The van der Waals surface area contributed by atoms with E-state index >= 15 is 0 Å². The molecule has 5 heteroatoms. The van der Waals surface area contributed by atoms with Crippen molar-refractivity contribution in [3.05, 3.63) is 0 Å². The average molecular weight is 328 g/mol. The lowest BCUT2D eigenvalue weighted by Crippen LogP contribution is -2.46. The van der Waals surface area contributed by atoms with Crippen LogP contribution in [0.3, 0.4) is 0 Å². The molecule has 0 aliphatic carbocycles. The Labute approximate surface area is 142 Å². The molecule has 1 aliphatic heterocycles. The van der Waals surface area contributed by atoms with Crippen LogP contribution in [0.5, 0.6) is 0 Å². The van der Waals surface area contributed by atoms with Crippen LogP contribution < -0.4 is 5.32 Å². The van der Waals surface area contributed by atoms with Crippen molar-refractivity contribution in [3.8, 4) is 0 Å². The van der Waals surface area contributed by atoms with E-state index in [1.165, 1.54) is 32.5 Å². The van der Waals surface area contributed by atoms with Crippen LogP contribution in [-0.2, 0) is 4.74 Å². The molecule has 0 bridgehead atoms. The highest BCUT2D eigenvalue weighted by atomic mass is 16.6. The summed E-state index contributed by atoms with van der Waals surface area (Å²) in [6.07, 6.45) is 2.19. The van der Waals surface area contributed by atoms with Gasteiger partial charge in [0.1, 0.15) is 5.60 Å². The van der Waals surface area contributed by atoms with E-state index in [1.54, 1.807) is 4.90 Å². The second kappa shape index (κ2) is 9.48. The van der Waals surface area contributed by atoms with E-state index in [4.69, 9.17) is 4.74 Å². The molecule has 1 amide bonds. The number of likely N-dealkylation sites (tertiary alicyclic amines) is 1. The van der Waals surface area contributed by atoms with Gasteiger partial charge < -0.3 is 19.9 Å². The zero-order chi connectivity index (χ0) is 17.5. The SMILES string of the molecule is CCN(CCNC1CCN(CC(C)C)CC1)C(=O)OC(C)(C)C. The van der Waals surface area contributed by atoms with E-state index < -0.39 is 5.60 Å². The lowest BCUT2D eigenvalue weighted by molar-refractivity contribution is 0.0259. The first-order valence-corrected chi connectivity index (χ1v) is 9.15. The Morgan fingerprint density at radius 3 is 2.39 bits per heavy atom. The third-order valence-electron chi connectivity index (χ3n) is 4.06. The van der Waals surface area contributed by atoms with Crippen LogP contribution in [0.25, 0.3) is 0 Å². The first-order chi connectivity index (χ1) is 10.7. The molecule has 0 saturated carbocycles. The van der Waals surface area contributed by atoms with Crippen LogP contribution in [0.15, 0.2) is 0 Å². The van der Waals surface area contributed by atoms with E-state index in [0.29, 0.717) is 19.1 Å². The van der Waals surface area contributed by atoms with Crippen LogP contribution in [0.4, 0.5) is 4.79 Å². The molecule has 5 nitrogen and oxygen atoms in total. The minimum atomic E-state index is -0.429. The molecule has 0 aromatic heterocycles. The summed E-state index contributed by atoms with van der Waals surface area (Å²) in [5, 5.41) is 3.60. The van der Waals surface area contributed by atoms with Crippen molar-refractivity contribution in [2.75, 3.05) is 39.3 Å². The van der Waals surface area contributed by atoms with Crippen LogP contribution in [-0.4, -0.2) is 66.8 Å². The maximum Gasteiger partial charge on any atom is 0.410 e. The number of carbonyl (C=O) groups excluding carboxylic acids is 1. The fraction of sp³-hybridized carbons (Fsp3) is 0.944. The van der Waals surface area contributed by atoms with E-state index in [9.17, 15) is 4.79 Å². The number of ether oxygens (including phenoxy) is 1. The third-order valence-corrected chi connectivity index (χ3v) is 4.06. The van der Waals surface area contributed by atoms with Gasteiger partial charge in [0.25, 0.3) is 0 Å². The Balaban J connectivity index is 2.24. The highest BCUT2D eigenvalue weighted by Crippen LogP contribution is 2.12. The van der Waals surface area contributed by atoms with Gasteiger partial charge in [-0.1, -0.05) is 13.8 Å². The number of hydrogen-bond acceptors (Lipinski definition) is 4. The minimum absolute atomic E-state index is 0.214. The van der Waals surface area contributed by atoms with Crippen molar-refractivity contribution in [3.63, 3.8) is 0 Å². The number of nitrogens with one attached hydrogen (secondary N) is 1. The minimum Gasteiger partial charge on any atom is -0.444 e. The molecule has 1 aliphatic rings. The smallest absolute Gasteiger partial charge is 0.410 e. The van der Waals surface area contributed by atoms with E-state index in [-0.39, 0.29) is 6.09 Å². The predicted octanol–water partition coefficient (Wildman–Crippen LogP) is 2.95. The van der Waals surface area contributed by atoms with Crippen molar-refractivity contribution in [1.82, 2.24) is 15.1 Å². The van der Waals surface area contributed by atoms with Crippen LogP contribution >= 0.6 is 0 Å². The summed E-state index contributed by atoms with van der Waals surface area (Å²) >= 11 is 0. The molecule has 0 atom stereocenters. The maximum absolute atomic E-state index is 12.1. The molecule has 0 radical (unpaired) electrons. The van der Waals surface area contributed by atoms with Gasteiger partial charge in [0.15, 0.2) is 0 Å². The molecular weight excluding hydrogens is 290 g/mol. The summed E-state index contributed by atoms with van der Waals surface area (Å²) in [6.45, 7) is 18.1. The van der Waals surface area contributed by atoms with E-state index in [2.05, 4.69) is 24.1 Å². The van der Waals surface area contributed by atoms with Crippen molar-refractivity contribution < 1.29 is 9.53 Å². The molecule has 1 heterocycles. The standard InChI is InChI=1S/C18H37N3O2/c1-7-21(17(22)23-18(4,5)6)13-10-19-16-8-11-20(12-9-16)14-15(2)3/h15-16,19H,7-14H2,1-6H3. The second-order valence-electron chi connectivity index (χ2n) is 7.98. The Morgan fingerprint density at radius 2 is 1.91 bits per heavy atom. The lowest BCUT2D eigenvalue weighted by Gasteiger charge is -2.34.